The Labute approximate surface area is 123 Å². The fourth-order valence-electron chi connectivity index (χ4n) is 1.79. The van der Waals surface area contributed by atoms with E-state index in [-0.39, 0.29) is 0 Å². The highest BCUT2D eigenvalue weighted by atomic mass is 16.5. The van der Waals surface area contributed by atoms with E-state index < -0.39 is 18.0 Å². The van der Waals surface area contributed by atoms with Crippen molar-refractivity contribution in [3.8, 4) is 11.5 Å². The normalized spacial score (nSPS) is 11.4. The summed E-state index contributed by atoms with van der Waals surface area (Å²) in [6.45, 7) is 1.85. The van der Waals surface area contributed by atoms with Gasteiger partial charge in [-0.3, -0.25) is 0 Å². The largest absolute Gasteiger partial charge is 0.493 e. The maximum Gasteiger partial charge on any atom is 0.326 e. The third-order valence-electron chi connectivity index (χ3n) is 2.82. The summed E-state index contributed by atoms with van der Waals surface area (Å²) < 4.78 is 10.2. The van der Waals surface area contributed by atoms with Crippen molar-refractivity contribution in [2.24, 2.45) is 0 Å². The van der Waals surface area contributed by atoms with E-state index >= 15 is 0 Å². The molecular weight excluding hydrogens is 276 g/mol. The lowest BCUT2D eigenvalue weighted by molar-refractivity contribution is -0.139. The lowest BCUT2D eigenvalue weighted by Crippen LogP contribution is -2.42. The summed E-state index contributed by atoms with van der Waals surface area (Å²) in [6.07, 6.45) is 1.03. The molecule has 3 N–H and O–H groups in total. The quantitative estimate of drug-likeness (QED) is 0.715. The van der Waals surface area contributed by atoms with Crippen LogP contribution in [0.15, 0.2) is 18.2 Å². The molecule has 0 saturated heterocycles. The summed E-state index contributed by atoms with van der Waals surface area (Å²) in [6, 6.07) is 3.39. The average molecular weight is 296 g/mol. The van der Waals surface area contributed by atoms with E-state index in [1.54, 1.807) is 18.2 Å². The zero-order valence-electron chi connectivity index (χ0n) is 12.3. The van der Waals surface area contributed by atoms with Gasteiger partial charge in [-0.25, -0.2) is 9.59 Å². The molecule has 0 aliphatic carbocycles. The molecule has 0 fully saturated rings. The second kappa shape index (κ2) is 7.98. The molecule has 1 aromatic carbocycles. The number of ether oxygens (including phenoxy) is 2. The van der Waals surface area contributed by atoms with Gasteiger partial charge in [0.1, 0.15) is 6.04 Å². The van der Waals surface area contributed by atoms with E-state index in [1.807, 2.05) is 6.92 Å². The van der Waals surface area contributed by atoms with Gasteiger partial charge < -0.3 is 25.2 Å². The van der Waals surface area contributed by atoms with Crippen molar-refractivity contribution in [1.29, 1.82) is 0 Å². The Bertz CT molecular complexity index is 504. The first-order chi connectivity index (χ1) is 10.0. The Morgan fingerprint density at radius 1 is 1.24 bits per heavy atom. The molecule has 1 unspecified atom stereocenters. The van der Waals surface area contributed by atoms with Crippen LogP contribution >= 0.6 is 0 Å². The molecule has 0 saturated carbocycles. The Balaban J connectivity index is 2.72. The number of urea groups is 1. The van der Waals surface area contributed by atoms with Crippen LogP contribution in [0, 0.1) is 0 Å². The zero-order chi connectivity index (χ0) is 15.8. The topological polar surface area (TPSA) is 96.9 Å². The lowest BCUT2D eigenvalue weighted by atomic mass is 10.2. The smallest absolute Gasteiger partial charge is 0.326 e. The number of aliphatic carboxylic acids is 1. The first-order valence-electron chi connectivity index (χ1n) is 6.54. The van der Waals surface area contributed by atoms with E-state index in [1.165, 1.54) is 14.2 Å². The van der Waals surface area contributed by atoms with Crippen molar-refractivity contribution >= 4 is 17.7 Å². The maximum atomic E-state index is 11.8. The van der Waals surface area contributed by atoms with Crippen LogP contribution in [0.1, 0.15) is 19.8 Å². The van der Waals surface area contributed by atoms with Crippen LogP contribution in [0.5, 0.6) is 11.5 Å². The Morgan fingerprint density at radius 2 is 1.90 bits per heavy atom. The molecule has 2 amide bonds. The lowest BCUT2D eigenvalue weighted by Gasteiger charge is -2.15. The van der Waals surface area contributed by atoms with Gasteiger partial charge in [0, 0.05) is 11.8 Å². The van der Waals surface area contributed by atoms with Gasteiger partial charge in [-0.2, -0.15) is 0 Å². The number of hydrogen-bond donors (Lipinski definition) is 3. The standard InChI is InChI=1S/C14H20N2O5/c1-4-5-10(13(17)18)16-14(19)15-9-6-7-11(20-2)12(8-9)21-3/h6-8,10H,4-5H2,1-3H3,(H,17,18)(H2,15,16,19). The van der Waals surface area contributed by atoms with E-state index in [4.69, 9.17) is 14.6 Å². The molecule has 0 aliphatic heterocycles. The monoisotopic (exact) mass is 296 g/mol. The van der Waals surface area contributed by atoms with Crippen LogP contribution in [0.2, 0.25) is 0 Å². The van der Waals surface area contributed by atoms with Crippen LogP contribution in [0.3, 0.4) is 0 Å². The fourth-order valence-corrected chi connectivity index (χ4v) is 1.79. The summed E-state index contributed by atoms with van der Waals surface area (Å²) in [5.74, 6) is -0.0455. The highest BCUT2D eigenvalue weighted by Crippen LogP contribution is 2.29. The van der Waals surface area contributed by atoms with Gasteiger partial charge in [-0.05, 0) is 18.6 Å². The number of nitrogens with one attached hydrogen (secondary N) is 2. The van der Waals surface area contributed by atoms with E-state index in [9.17, 15) is 9.59 Å². The van der Waals surface area contributed by atoms with Gasteiger partial charge in [0.15, 0.2) is 11.5 Å². The van der Waals surface area contributed by atoms with Crippen molar-refractivity contribution < 1.29 is 24.2 Å². The molecule has 7 nitrogen and oxygen atoms in total. The Kier molecular flexibility index (Phi) is 6.32. The zero-order valence-corrected chi connectivity index (χ0v) is 12.3. The molecule has 7 heteroatoms. The van der Waals surface area contributed by atoms with Crippen molar-refractivity contribution in [2.75, 3.05) is 19.5 Å². The van der Waals surface area contributed by atoms with E-state index in [0.29, 0.717) is 30.0 Å². The molecule has 0 radical (unpaired) electrons. The predicted octanol–water partition coefficient (Wildman–Crippen LogP) is 2.08. The first kappa shape index (κ1) is 16.6. The molecule has 21 heavy (non-hydrogen) atoms. The summed E-state index contributed by atoms with van der Waals surface area (Å²) in [5.41, 5.74) is 0.478. The minimum absolute atomic E-state index is 0.370. The van der Waals surface area contributed by atoms with Gasteiger partial charge in [0.05, 0.1) is 14.2 Å². The second-order valence-electron chi connectivity index (χ2n) is 4.35. The minimum Gasteiger partial charge on any atom is -0.493 e. The van der Waals surface area contributed by atoms with Gasteiger partial charge in [-0.1, -0.05) is 13.3 Å². The molecule has 0 aromatic heterocycles. The molecular formula is C14H20N2O5. The van der Waals surface area contributed by atoms with Crippen LogP contribution < -0.4 is 20.1 Å². The van der Waals surface area contributed by atoms with E-state index in [0.717, 1.165) is 0 Å². The number of carbonyl (C=O) groups is 2. The summed E-state index contributed by atoms with van der Waals surface area (Å²) in [7, 11) is 3.00. The maximum absolute atomic E-state index is 11.8. The van der Waals surface area contributed by atoms with Gasteiger partial charge >= 0.3 is 12.0 Å². The molecule has 1 aromatic rings. The van der Waals surface area contributed by atoms with Crippen molar-refractivity contribution in [1.82, 2.24) is 5.32 Å². The highest BCUT2D eigenvalue weighted by molar-refractivity contribution is 5.92. The number of hydrogen-bond acceptors (Lipinski definition) is 4. The van der Waals surface area contributed by atoms with Gasteiger partial charge in [0.2, 0.25) is 0 Å². The Morgan fingerprint density at radius 3 is 2.43 bits per heavy atom. The molecule has 0 aliphatic rings. The van der Waals surface area contributed by atoms with Crippen LogP contribution in [-0.2, 0) is 4.79 Å². The SMILES string of the molecule is CCCC(NC(=O)Nc1ccc(OC)c(OC)c1)C(=O)O. The van der Waals surface area contributed by atoms with Crippen molar-refractivity contribution in [2.45, 2.75) is 25.8 Å². The number of amides is 2. The number of benzene rings is 1. The second-order valence-corrected chi connectivity index (χ2v) is 4.35. The average Bonchev–Trinajstić information content (AvgIpc) is 2.46. The molecule has 0 bridgehead atoms. The number of carbonyl (C=O) groups excluding carboxylic acids is 1. The molecule has 1 rings (SSSR count). The van der Waals surface area contributed by atoms with Crippen molar-refractivity contribution in [3.63, 3.8) is 0 Å². The number of carboxylic acid groups (broad SMARTS) is 1. The number of methoxy groups -OCH3 is 2. The number of carboxylic acids is 1. The van der Waals surface area contributed by atoms with Crippen LogP contribution in [-0.4, -0.2) is 37.4 Å². The van der Waals surface area contributed by atoms with E-state index in [2.05, 4.69) is 10.6 Å². The summed E-state index contributed by atoms with van der Waals surface area (Å²) >= 11 is 0. The minimum atomic E-state index is -1.06. The van der Waals surface area contributed by atoms with Gasteiger partial charge in [0.25, 0.3) is 0 Å². The number of rotatable bonds is 7. The van der Waals surface area contributed by atoms with Crippen LogP contribution in [0.4, 0.5) is 10.5 Å². The third kappa shape index (κ3) is 4.87. The summed E-state index contributed by atoms with van der Waals surface area (Å²) in [5, 5.41) is 14.0. The Hall–Kier alpha value is -2.44. The first-order valence-corrected chi connectivity index (χ1v) is 6.54. The van der Waals surface area contributed by atoms with Gasteiger partial charge in [-0.15, -0.1) is 0 Å². The third-order valence-corrected chi connectivity index (χ3v) is 2.82. The highest BCUT2D eigenvalue weighted by Gasteiger charge is 2.18. The summed E-state index contributed by atoms with van der Waals surface area (Å²) in [4.78, 5) is 22.8. The van der Waals surface area contributed by atoms with Crippen molar-refractivity contribution in [3.05, 3.63) is 18.2 Å². The molecule has 116 valence electrons. The predicted molar refractivity (Wildman–Crippen MR) is 78.0 cm³/mol. The fraction of sp³-hybridized carbons (Fsp3) is 0.429. The number of anilines is 1. The molecule has 0 heterocycles. The van der Waals surface area contributed by atoms with Crippen LogP contribution in [0.25, 0.3) is 0 Å². The molecule has 1 atom stereocenters. The molecule has 0 spiro atoms.